The monoisotopic (exact) mass is 331 g/mol. The fourth-order valence-electron chi connectivity index (χ4n) is 2.42. The summed E-state index contributed by atoms with van der Waals surface area (Å²) in [7, 11) is 0. The van der Waals surface area contributed by atoms with Crippen LogP contribution in [-0.2, 0) is 17.3 Å². The summed E-state index contributed by atoms with van der Waals surface area (Å²) in [4.78, 5) is 13.2. The molecule has 128 valence electrons. The highest BCUT2D eigenvalue weighted by Gasteiger charge is 2.45. The highest BCUT2D eigenvalue weighted by Crippen LogP contribution is 2.31. The summed E-state index contributed by atoms with van der Waals surface area (Å²) in [6.45, 7) is 5.45. The zero-order valence-electron chi connectivity index (χ0n) is 13.3. The number of amides is 1. The molecule has 0 atom stereocenters. The molecule has 1 aromatic rings. The van der Waals surface area contributed by atoms with Gasteiger partial charge in [0.05, 0.1) is 18.7 Å². The highest BCUT2D eigenvalue weighted by molar-refractivity contribution is 5.69. The van der Waals surface area contributed by atoms with Gasteiger partial charge >= 0.3 is 12.3 Å². The molecule has 1 aliphatic heterocycles. The summed E-state index contributed by atoms with van der Waals surface area (Å²) >= 11 is 0. The predicted octanol–water partition coefficient (Wildman–Crippen LogP) is 3.23. The first-order valence-electron chi connectivity index (χ1n) is 7.24. The predicted molar refractivity (Wildman–Crippen MR) is 77.9 cm³/mol. The maximum absolute atomic E-state index is 12.5. The first-order chi connectivity index (χ1) is 10.4. The number of nitrogens with zero attached hydrogens (tertiary/aromatic N) is 1. The van der Waals surface area contributed by atoms with Gasteiger partial charge in [0, 0.05) is 6.42 Å². The number of β-amino-alcohol motifs (C(OH)–C–C–N with tert-alkyl or cyclic N) is 1. The fraction of sp³-hybridized carbons (Fsp3) is 0.562. The minimum atomic E-state index is -4.38. The second-order valence-corrected chi connectivity index (χ2v) is 6.93. The van der Waals surface area contributed by atoms with E-state index >= 15 is 0 Å². The van der Waals surface area contributed by atoms with Gasteiger partial charge in [-0.25, -0.2) is 4.79 Å². The molecule has 0 spiro atoms. The lowest BCUT2D eigenvalue weighted by Gasteiger charge is -2.46. The lowest BCUT2D eigenvalue weighted by molar-refractivity contribution is -0.137. The van der Waals surface area contributed by atoms with E-state index in [2.05, 4.69) is 0 Å². The fourth-order valence-corrected chi connectivity index (χ4v) is 2.42. The second-order valence-electron chi connectivity index (χ2n) is 6.93. The molecule has 1 amide bonds. The highest BCUT2D eigenvalue weighted by atomic mass is 19.4. The smallest absolute Gasteiger partial charge is 0.416 e. The first-order valence-corrected chi connectivity index (χ1v) is 7.24. The average Bonchev–Trinajstić information content (AvgIpc) is 2.33. The van der Waals surface area contributed by atoms with Crippen LogP contribution in [0, 0.1) is 0 Å². The maximum atomic E-state index is 12.5. The molecule has 4 nitrogen and oxygen atoms in total. The number of halogens is 3. The van der Waals surface area contributed by atoms with Crippen LogP contribution in [0.4, 0.5) is 18.0 Å². The molecule has 0 aromatic heterocycles. The van der Waals surface area contributed by atoms with Crippen molar-refractivity contribution in [2.75, 3.05) is 13.1 Å². The Labute approximate surface area is 132 Å². The number of benzene rings is 1. The van der Waals surface area contributed by atoms with Crippen molar-refractivity contribution in [2.24, 2.45) is 0 Å². The Morgan fingerprint density at radius 2 is 1.74 bits per heavy atom. The van der Waals surface area contributed by atoms with Crippen LogP contribution in [0.3, 0.4) is 0 Å². The number of ether oxygens (including phenoxy) is 1. The van der Waals surface area contributed by atoms with Crippen LogP contribution in [0.15, 0.2) is 24.3 Å². The van der Waals surface area contributed by atoms with Gasteiger partial charge in [-0.1, -0.05) is 12.1 Å². The van der Waals surface area contributed by atoms with Gasteiger partial charge in [-0.05, 0) is 38.5 Å². The Morgan fingerprint density at radius 1 is 1.22 bits per heavy atom. The molecule has 0 aliphatic carbocycles. The number of carbonyl (C=O) groups is 1. The molecular weight excluding hydrogens is 311 g/mol. The summed E-state index contributed by atoms with van der Waals surface area (Å²) in [5.41, 5.74) is -1.88. The van der Waals surface area contributed by atoms with Gasteiger partial charge in [-0.15, -0.1) is 0 Å². The van der Waals surface area contributed by atoms with E-state index in [0.29, 0.717) is 5.56 Å². The van der Waals surface area contributed by atoms with E-state index in [-0.39, 0.29) is 19.5 Å². The molecule has 1 aromatic carbocycles. The van der Waals surface area contributed by atoms with Crippen molar-refractivity contribution >= 4 is 6.09 Å². The van der Waals surface area contributed by atoms with Crippen LogP contribution < -0.4 is 0 Å². The number of hydrogen-bond acceptors (Lipinski definition) is 3. The number of likely N-dealkylation sites (tertiary alicyclic amines) is 1. The van der Waals surface area contributed by atoms with Gasteiger partial charge in [0.15, 0.2) is 0 Å². The van der Waals surface area contributed by atoms with Crippen molar-refractivity contribution in [2.45, 2.75) is 44.6 Å². The van der Waals surface area contributed by atoms with Gasteiger partial charge in [0.2, 0.25) is 0 Å². The third-order valence-corrected chi connectivity index (χ3v) is 3.44. The SMILES string of the molecule is CC(C)(C)OC(=O)N1CC(O)(Cc2ccc(C(F)(F)F)cc2)C1. The van der Waals surface area contributed by atoms with E-state index in [9.17, 15) is 23.1 Å². The minimum Gasteiger partial charge on any atom is -0.444 e. The minimum absolute atomic E-state index is 0.100. The van der Waals surface area contributed by atoms with Gasteiger partial charge < -0.3 is 14.7 Å². The number of carbonyl (C=O) groups excluding carboxylic acids is 1. The summed E-state index contributed by atoms with van der Waals surface area (Å²) < 4.78 is 42.7. The average molecular weight is 331 g/mol. The number of rotatable bonds is 2. The molecule has 0 saturated carbocycles. The van der Waals surface area contributed by atoms with Crippen LogP contribution in [0.25, 0.3) is 0 Å². The normalized spacial score (nSPS) is 17.6. The summed E-state index contributed by atoms with van der Waals surface area (Å²) in [5.74, 6) is 0. The van der Waals surface area contributed by atoms with E-state index in [1.165, 1.54) is 17.0 Å². The van der Waals surface area contributed by atoms with E-state index in [1.807, 2.05) is 0 Å². The molecule has 1 fully saturated rings. The molecule has 23 heavy (non-hydrogen) atoms. The van der Waals surface area contributed by atoms with E-state index < -0.39 is 29.0 Å². The molecule has 2 rings (SSSR count). The van der Waals surface area contributed by atoms with E-state index in [0.717, 1.165) is 12.1 Å². The van der Waals surface area contributed by atoms with Crippen molar-refractivity contribution < 1.29 is 27.8 Å². The van der Waals surface area contributed by atoms with Gasteiger partial charge in [0.1, 0.15) is 11.2 Å². The summed E-state index contributed by atoms with van der Waals surface area (Å²) in [6, 6.07) is 4.67. The van der Waals surface area contributed by atoms with Crippen LogP contribution in [0.5, 0.6) is 0 Å². The Morgan fingerprint density at radius 3 is 2.17 bits per heavy atom. The van der Waals surface area contributed by atoms with Crippen molar-refractivity contribution in [3.63, 3.8) is 0 Å². The molecule has 1 saturated heterocycles. The summed E-state index contributed by atoms with van der Waals surface area (Å²) in [6.07, 6.45) is -4.70. The summed E-state index contributed by atoms with van der Waals surface area (Å²) in [5, 5.41) is 10.3. The van der Waals surface area contributed by atoms with Crippen molar-refractivity contribution in [1.29, 1.82) is 0 Å². The van der Waals surface area contributed by atoms with Crippen LogP contribution >= 0.6 is 0 Å². The molecule has 0 bridgehead atoms. The van der Waals surface area contributed by atoms with Crippen LogP contribution in [0.1, 0.15) is 31.9 Å². The Hall–Kier alpha value is -1.76. The lowest BCUT2D eigenvalue weighted by Crippen LogP contribution is -2.65. The second kappa shape index (κ2) is 5.70. The van der Waals surface area contributed by atoms with Crippen LogP contribution in [0.2, 0.25) is 0 Å². The number of hydrogen-bond donors (Lipinski definition) is 1. The Bertz CT molecular complexity index is 570. The molecule has 1 N–H and O–H groups in total. The third kappa shape index (κ3) is 4.60. The van der Waals surface area contributed by atoms with Gasteiger partial charge in [-0.3, -0.25) is 0 Å². The largest absolute Gasteiger partial charge is 0.444 e. The standard InChI is InChI=1S/C16H20F3NO3/c1-14(2,3)23-13(21)20-9-15(22,10-20)8-11-4-6-12(7-5-11)16(17,18)19/h4-7,22H,8-10H2,1-3H3. The van der Waals surface area contributed by atoms with Crippen LogP contribution in [-0.4, -0.2) is 40.4 Å². The zero-order valence-corrected chi connectivity index (χ0v) is 13.3. The topological polar surface area (TPSA) is 49.8 Å². The van der Waals surface area contributed by atoms with E-state index in [1.54, 1.807) is 20.8 Å². The maximum Gasteiger partial charge on any atom is 0.416 e. The number of aliphatic hydroxyl groups is 1. The zero-order chi connectivity index (χ0) is 17.5. The lowest BCUT2D eigenvalue weighted by atomic mass is 9.87. The molecule has 0 unspecified atom stereocenters. The molecule has 1 heterocycles. The molecule has 0 radical (unpaired) electrons. The third-order valence-electron chi connectivity index (χ3n) is 3.44. The van der Waals surface area contributed by atoms with Crippen molar-refractivity contribution in [3.8, 4) is 0 Å². The quantitative estimate of drug-likeness (QED) is 0.905. The Balaban J connectivity index is 1.91. The first kappa shape index (κ1) is 17.6. The van der Waals surface area contributed by atoms with Gasteiger partial charge in [-0.2, -0.15) is 13.2 Å². The molecule has 1 aliphatic rings. The van der Waals surface area contributed by atoms with Gasteiger partial charge in [0.25, 0.3) is 0 Å². The van der Waals surface area contributed by atoms with E-state index in [4.69, 9.17) is 4.74 Å². The Kier molecular flexibility index (Phi) is 4.36. The number of alkyl halides is 3. The molecular formula is C16H20F3NO3. The molecule has 7 heteroatoms. The van der Waals surface area contributed by atoms with Crippen molar-refractivity contribution in [3.05, 3.63) is 35.4 Å². The van der Waals surface area contributed by atoms with Crippen molar-refractivity contribution in [1.82, 2.24) is 4.90 Å².